The van der Waals surface area contributed by atoms with E-state index in [1.807, 2.05) is 24.3 Å². The average Bonchev–Trinajstić information content (AvgIpc) is 3.88. The van der Waals surface area contributed by atoms with E-state index in [0.717, 1.165) is 36.9 Å². The second-order valence-electron chi connectivity index (χ2n) is 11.9. The zero-order valence-electron chi connectivity index (χ0n) is 23.7. The third-order valence-corrected chi connectivity index (χ3v) is 9.04. The zero-order chi connectivity index (χ0) is 29.6. The van der Waals surface area contributed by atoms with Gasteiger partial charge in [0.1, 0.15) is 17.2 Å². The van der Waals surface area contributed by atoms with Crippen LogP contribution in [0, 0.1) is 5.92 Å². The Hall–Kier alpha value is -3.53. The first-order valence-corrected chi connectivity index (χ1v) is 14.6. The van der Waals surface area contributed by atoms with Gasteiger partial charge in [0.25, 0.3) is 0 Å². The summed E-state index contributed by atoms with van der Waals surface area (Å²) < 4.78 is 55.6. The van der Waals surface area contributed by atoms with Crippen molar-refractivity contribution in [2.45, 2.75) is 88.8 Å². The first-order valence-electron chi connectivity index (χ1n) is 14.6. The summed E-state index contributed by atoms with van der Waals surface area (Å²) in [6, 6.07) is 14.3. The smallest absolute Gasteiger partial charge is 0.481 e. The van der Waals surface area contributed by atoms with Gasteiger partial charge in [-0.3, -0.25) is 4.79 Å². The van der Waals surface area contributed by atoms with Crippen LogP contribution < -0.4 is 9.64 Å². The fourth-order valence-electron chi connectivity index (χ4n) is 6.61. The SMILES string of the molecule is CCC1[C@H](C)CC(COCc2c(-c3ccccc3OC(F)(F)F)noc2C2CC2)N1c1ccc(C2(C(=O)O)CC2)cc1. The number of anilines is 1. The van der Waals surface area contributed by atoms with Gasteiger partial charge in [-0.25, -0.2) is 0 Å². The number of benzene rings is 2. The lowest BCUT2D eigenvalue weighted by Gasteiger charge is -2.33. The van der Waals surface area contributed by atoms with Gasteiger partial charge in [-0.1, -0.05) is 43.3 Å². The molecular weight excluding hydrogens is 549 g/mol. The van der Waals surface area contributed by atoms with Gasteiger partial charge < -0.3 is 24.0 Å². The van der Waals surface area contributed by atoms with Crippen LogP contribution in [-0.4, -0.2) is 41.3 Å². The molecule has 0 radical (unpaired) electrons. The first-order chi connectivity index (χ1) is 20.1. The van der Waals surface area contributed by atoms with Gasteiger partial charge in [0.15, 0.2) is 0 Å². The number of carboxylic acid groups (broad SMARTS) is 1. The molecule has 3 atom stereocenters. The lowest BCUT2D eigenvalue weighted by molar-refractivity contribution is -0.274. The van der Waals surface area contributed by atoms with Crippen LogP contribution in [-0.2, 0) is 21.6 Å². The molecule has 1 aromatic heterocycles. The Morgan fingerprint density at radius 2 is 1.86 bits per heavy atom. The number of para-hydroxylation sites is 1. The van der Waals surface area contributed by atoms with Gasteiger partial charge in [-0.2, -0.15) is 0 Å². The number of carbonyl (C=O) groups is 1. The molecule has 1 saturated heterocycles. The standard InChI is InChI=1S/C32H35F3N2O5/c1-3-26-19(2)16-23(37(26)22-12-10-21(11-13-22)31(14-15-31)30(38)39)17-40-18-25-28(36-42-29(25)20-8-9-20)24-6-4-5-7-27(24)41-32(33,34)35/h4-7,10-13,19-20,23,26H,3,8-9,14-18H2,1-2H3,(H,38,39)/t19-,23?,26?/m1/s1. The summed E-state index contributed by atoms with van der Waals surface area (Å²) >= 11 is 0. The highest BCUT2D eigenvalue weighted by atomic mass is 19.4. The van der Waals surface area contributed by atoms with Crippen LogP contribution in [0.2, 0.25) is 0 Å². The number of ether oxygens (including phenoxy) is 2. The fourth-order valence-corrected chi connectivity index (χ4v) is 6.61. The van der Waals surface area contributed by atoms with Crippen molar-refractivity contribution in [3.63, 3.8) is 0 Å². The number of carboxylic acids is 1. The predicted octanol–water partition coefficient (Wildman–Crippen LogP) is 7.44. The Bertz CT molecular complexity index is 1430. The lowest BCUT2D eigenvalue weighted by Crippen LogP contribution is -2.39. The summed E-state index contributed by atoms with van der Waals surface area (Å²) in [6.45, 7) is 4.97. The molecule has 2 saturated carbocycles. The van der Waals surface area contributed by atoms with Crippen LogP contribution in [0.15, 0.2) is 53.1 Å². The maximum absolute atomic E-state index is 13.1. The maximum atomic E-state index is 13.1. The molecule has 0 amide bonds. The average molecular weight is 585 g/mol. The normalized spacial score (nSPS) is 23.3. The summed E-state index contributed by atoms with van der Waals surface area (Å²) in [5.74, 6) is 0.179. The van der Waals surface area contributed by atoms with Crippen molar-refractivity contribution in [3.05, 3.63) is 65.4 Å². The van der Waals surface area contributed by atoms with E-state index >= 15 is 0 Å². The van der Waals surface area contributed by atoms with Gasteiger partial charge >= 0.3 is 12.3 Å². The molecule has 2 aromatic carbocycles. The summed E-state index contributed by atoms with van der Waals surface area (Å²) in [5.41, 5.74) is 2.31. The minimum atomic E-state index is -4.83. The van der Waals surface area contributed by atoms with Gasteiger partial charge in [-0.15, -0.1) is 13.2 Å². The van der Waals surface area contributed by atoms with Gasteiger partial charge in [0, 0.05) is 28.8 Å². The van der Waals surface area contributed by atoms with E-state index in [0.29, 0.717) is 48.4 Å². The van der Waals surface area contributed by atoms with E-state index in [2.05, 4.69) is 28.6 Å². The van der Waals surface area contributed by atoms with Crippen LogP contribution >= 0.6 is 0 Å². The maximum Gasteiger partial charge on any atom is 0.573 e. The topological polar surface area (TPSA) is 85.0 Å². The van der Waals surface area contributed by atoms with E-state index < -0.39 is 17.7 Å². The van der Waals surface area contributed by atoms with Crippen molar-refractivity contribution >= 4 is 11.7 Å². The minimum Gasteiger partial charge on any atom is -0.481 e. The molecule has 6 rings (SSSR count). The highest BCUT2D eigenvalue weighted by molar-refractivity contribution is 5.85. The number of alkyl halides is 3. The number of hydrogen-bond acceptors (Lipinski definition) is 6. The van der Waals surface area contributed by atoms with Crippen molar-refractivity contribution in [2.24, 2.45) is 5.92 Å². The number of nitrogens with zero attached hydrogens (tertiary/aromatic N) is 2. The molecule has 7 nitrogen and oxygen atoms in total. The number of halogens is 3. The van der Waals surface area contributed by atoms with E-state index in [4.69, 9.17) is 9.26 Å². The molecule has 0 spiro atoms. The summed E-state index contributed by atoms with van der Waals surface area (Å²) in [4.78, 5) is 14.2. The molecule has 3 fully saturated rings. The third kappa shape index (κ3) is 5.48. The first kappa shape index (κ1) is 28.6. The highest BCUT2D eigenvalue weighted by Crippen LogP contribution is 2.49. The highest BCUT2D eigenvalue weighted by Gasteiger charge is 2.51. The Kier molecular flexibility index (Phi) is 7.45. The number of rotatable bonds is 11. The molecule has 2 heterocycles. The third-order valence-electron chi connectivity index (χ3n) is 9.04. The van der Waals surface area contributed by atoms with Crippen molar-refractivity contribution in [3.8, 4) is 17.0 Å². The number of aliphatic carboxylic acids is 1. The zero-order valence-corrected chi connectivity index (χ0v) is 23.7. The van der Waals surface area contributed by atoms with E-state index in [9.17, 15) is 23.1 Å². The van der Waals surface area contributed by atoms with Gasteiger partial charge in [-0.05, 0) is 74.3 Å². The quantitative estimate of drug-likeness (QED) is 0.251. The molecule has 1 aliphatic heterocycles. The van der Waals surface area contributed by atoms with Crippen LogP contribution in [0.3, 0.4) is 0 Å². The van der Waals surface area contributed by atoms with Crippen LogP contribution in [0.1, 0.15) is 75.2 Å². The van der Waals surface area contributed by atoms with E-state index in [-0.39, 0.29) is 29.9 Å². The molecule has 42 heavy (non-hydrogen) atoms. The van der Waals surface area contributed by atoms with E-state index in [1.54, 1.807) is 12.1 Å². The van der Waals surface area contributed by atoms with Crippen LogP contribution in [0.4, 0.5) is 18.9 Å². The Morgan fingerprint density at radius 3 is 2.48 bits per heavy atom. The minimum absolute atomic E-state index is 0.0821. The van der Waals surface area contributed by atoms with Gasteiger partial charge in [0.2, 0.25) is 0 Å². The van der Waals surface area contributed by atoms with Crippen LogP contribution in [0.5, 0.6) is 5.75 Å². The Balaban J connectivity index is 1.22. The van der Waals surface area contributed by atoms with Crippen LogP contribution in [0.25, 0.3) is 11.3 Å². The summed E-state index contributed by atoms with van der Waals surface area (Å²) in [6.07, 6.45) is 0.248. The molecule has 0 bridgehead atoms. The van der Waals surface area contributed by atoms with Crippen molar-refractivity contribution in [1.29, 1.82) is 0 Å². The molecule has 2 unspecified atom stereocenters. The monoisotopic (exact) mass is 584 g/mol. The number of aromatic nitrogens is 1. The predicted molar refractivity (Wildman–Crippen MR) is 149 cm³/mol. The Morgan fingerprint density at radius 1 is 1.14 bits per heavy atom. The molecule has 3 aliphatic rings. The fraction of sp³-hybridized carbons (Fsp3) is 0.500. The van der Waals surface area contributed by atoms with Gasteiger partial charge in [0.05, 0.1) is 24.7 Å². The lowest BCUT2D eigenvalue weighted by atomic mass is 9.95. The van der Waals surface area contributed by atoms with Crippen molar-refractivity contribution < 1.29 is 37.1 Å². The Labute approximate surface area is 242 Å². The molecular formula is C32H35F3N2O5. The largest absolute Gasteiger partial charge is 0.573 e. The summed E-state index contributed by atoms with van der Waals surface area (Å²) in [7, 11) is 0. The van der Waals surface area contributed by atoms with Crippen molar-refractivity contribution in [1.82, 2.24) is 5.16 Å². The number of hydrogen-bond donors (Lipinski definition) is 1. The van der Waals surface area contributed by atoms with Crippen molar-refractivity contribution in [2.75, 3.05) is 11.5 Å². The molecule has 2 aliphatic carbocycles. The van der Waals surface area contributed by atoms with E-state index in [1.165, 1.54) is 12.1 Å². The summed E-state index contributed by atoms with van der Waals surface area (Å²) in [5, 5.41) is 13.9. The molecule has 224 valence electrons. The molecule has 1 N–H and O–H groups in total. The molecule has 10 heteroatoms. The molecule has 3 aromatic rings. The second-order valence-corrected chi connectivity index (χ2v) is 11.9. The second kappa shape index (κ2) is 10.9.